The summed E-state index contributed by atoms with van der Waals surface area (Å²) in [5.74, 6) is 0. The normalized spacial score (nSPS) is 14.2. The molecule has 20 heavy (non-hydrogen) atoms. The van der Waals surface area contributed by atoms with E-state index in [1.807, 2.05) is 0 Å². The Morgan fingerprint density at radius 2 is 1.50 bits per heavy atom. The highest BCUT2D eigenvalue weighted by Crippen LogP contribution is 2.14. The summed E-state index contributed by atoms with van der Waals surface area (Å²) in [4.78, 5) is -0.202. The number of aliphatic hydroxyl groups excluding tert-OH is 2. The topological polar surface area (TPSA) is 133 Å². The highest BCUT2D eigenvalue weighted by Gasteiger charge is 2.17. The Labute approximate surface area is 117 Å². The third-order valence-corrected chi connectivity index (χ3v) is 5.30. The molecule has 0 aliphatic rings. The molecule has 1 rings (SSSR count). The number of hydrogen-bond acceptors (Lipinski definition) is 6. The van der Waals surface area contributed by atoms with Gasteiger partial charge in [0.25, 0.3) is 0 Å². The number of benzene rings is 1. The summed E-state index contributed by atoms with van der Waals surface area (Å²) in [6.45, 7) is -0.905. The van der Waals surface area contributed by atoms with E-state index in [2.05, 4.69) is 9.44 Å². The Morgan fingerprint density at radius 1 is 1.05 bits per heavy atom. The van der Waals surface area contributed by atoms with E-state index in [-0.39, 0.29) is 16.3 Å². The third kappa shape index (κ3) is 4.23. The van der Waals surface area contributed by atoms with Crippen LogP contribution < -0.4 is 9.44 Å². The van der Waals surface area contributed by atoms with Crippen LogP contribution in [-0.4, -0.2) is 53.4 Å². The molecular weight excluding hydrogens is 308 g/mol. The smallest absolute Gasteiger partial charge is 0.240 e. The van der Waals surface area contributed by atoms with E-state index in [9.17, 15) is 16.8 Å². The maximum atomic E-state index is 11.8. The fourth-order valence-corrected chi connectivity index (χ4v) is 3.07. The van der Waals surface area contributed by atoms with Crippen molar-refractivity contribution in [2.45, 2.75) is 15.9 Å². The molecule has 114 valence electrons. The molecule has 0 amide bonds. The van der Waals surface area contributed by atoms with E-state index < -0.39 is 32.8 Å². The first-order valence-electron chi connectivity index (χ1n) is 5.55. The van der Waals surface area contributed by atoms with Crippen LogP contribution in [0.4, 0.5) is 0 Å². The van der Waals surface area contributed by atoms with Gasteiger partial charge in [0.2, 0.25) is 20.0 Å². The lowest BCUT2D eigenvalue weighted by Crippen LogP contribution is -2.33. The summed E-state index contributed by atoms with van der Waals surface area (Å²) in [5, 5.41) is 17.7. The van der Waals surface area contributed by atoms with Gasteiger partial charge in [0.05, 0.1) is 22.5 Å². The van der Waals surface area contributed by atoms with Crippen LogP contribution in [0.25, 0.3) is 0 Å². The van der Waals surface area contributed by atoms with E-state index in [1.54, 1.807) is 0 Å². The lowest BCUT2D eigenvalue weighted by molar-refractivity contribution is 0.0988. The Morgan fingerprint density at radius 3 is 1.90 bits per heavy atom. The Kier molecular flexibility index (Phi) is 5.62. The number of aliphatic hydroxyl groups is 2. The molecule has 0 aliphatic carbocycles. The second kappa shape index (κ2) is 6.61. The minimum atomic E-state index is -3.87. The van der Waals surface area contributed by atoms with E-state index in [0.717, 1.165) is 24.3 Å². The fourth-order valence-electron chi connectivity index (χ4n) is 1.27. The van der Waals surface area contributed by atoms with Crippen molar-refractivity contribution in [3.63, 3.8) is 0 Å². The first-order valence-corrected chi connectivity index (χ1v) is 8.52. The molecule has 0 bridgehead atoms. The van der Waals surface area contributed by atoms with Gasteiger partial charge in [-0.25, -0.2) is 26.3 Å². The summed E-state index contributed by atoms with van der Waals surface area (Å²) >= 11 is 0. The van der Waals surface area contributed by atoms with Crippen LogP contribution in [0.15, 0.2) is 34.1 Å². The Bertz CT molecular complexity index is 639. The maximum absolute atomic E-state index is 11.8. The van der Waals surface area contributed by atoms with Crippen molar-refractivity contribution in [2.75, 3.05) is 20.2 Å². The van der Waals surface area contributed by atoms with E-state index in [0.29, 0.717) is 0 Å². The second-order valence-corrected chi connectivity index (χ2v) is 7.52. The zero-order valence-corrected chi connectivity index (χ0v) is 12.3. The van der Waals surface area contributed by atoms with Crippen LogP contribution in [0.2, 0.25) is 0 Å². The summed E-state index contributed by atoms with van der Waals surface area (Å²) in [6.07, 6.45) is -1.20. The highest BCUT2D eigenvalue weighted by atomic mass is 32.2. The van der Waals surface area contributed by atoms with Crippen molar-refractivity contribution >= 4 is 20.0 Å². The van der Waals surface area contributed by atoms with Gasteiger partial charge in [0, 0.05) is 6.54 Å². The lowest BCUT2D eigenvalue weighted by Gasteiger charge is -2.10. The Hall–Kier alpha value is -1.04. The van der Waals surface area contributed by atoms with E-state index in [1.165, 1.54) is 7.05 Å². The van der Waals surface area contributed by atoms with Gasteiger partial charge in [0.15, 0.2) is 0 Å². The number of sulfonamides is 2. The molecule has 1 aromatic rings. The average Bonchev–Trinajstić information content (AvgIpc) is 2.45. The number of rotatable bonds is 7. The molecule has 0 aromatic heterocycles. The minimum absolute atomic E-state index is 0.0608. The van der Waals surface area contributed by atoms with E-state index in [4.69, 9.17) is 10.2 Å². The van der Waals surface area contributed by atoms with Crippen molar-refractivity contribution in [3.05, 3.63) is 24.3 Å². The van der Waals surface area contributed by atoms with Gasteiger partial charge in [-0.15, -0.1) is 0 Å². The van der Waals surface area contributed by atoms with Crippen LogP contribution in [-0.2, 0) is 20.0 Å². The summed E-state index contributed by atoms with van der Waals surface area (Å²) in [5.41, 5.74) is 0. The van der Waals surface area contributed by atoms with Crippen molar-refractivity contribution in [1.29, 1.82) is 0 Å². The van der Waals surface area contributed by atoms with Gasteiger partial charge in [-0.3, -0.25) is 0 Å². The molecule has 4 N–H and O–H groups in total. The standard InChI is InChI=1S/C10H16N2O6S2/c1-11-19(15,16)9-2-4-10(5-3-9)20(17,18)12-6-8(14)7-13/h2-5,8,11-14H,6-7H2,1H3. The molecule has 0 fully saturated rings. The first kappa shape index (κ1) is 17.0. The minimum Gasteiger partial charge on any atom is -0.394 e. The SMILES string of the molecule is CNS(=O)(=O)c1ccc(S(=O)(=O)NCC(O)CO)cc1. The number of hydrogen-bond donors (Lipinski definition) is 4. The molecule has 8 nitrogen and oxygen atoms in total. The zero-order valence-electron chi connectivity index (χ0n) is 10.6. The molecule has 0 saturated carbocycles. The quantitative estimate of drug-likeness (QED) is 0.469. The van der Waals surface area contributed by atoms with Crippen LogP contribution in [0, 0.1) is 0 Å². The molecule has 0 saturated heterocycles. The molecule has 0 radical (unpaired) electrons. The van der Waals surface area contributed by atoms with Crippen LogP contribution in [0.1, 0.15) is 0 Å². The van der Waals surface area contributed by atoms with Crippen molar-refractivity contribution in [1.82, 2.24) is 9.44 Å². The van der Waals surface area contributed by atoms with Crippen molar-refractivity contribution in [3.8, 4) is 0 Å². The van der Waals surface area contributed by atoms with Crippen LogP contribution in [0.3, 0.4) is 0 Å². The zero-order chi connectivity index (χ0) is 15.4. The lowest BCUT2D eigenvalue weighted by atomic mass is 10.4. The van der Waals surface area contributed by atoms with Gasteiger partial charge in [0.1, 0.15) is 0 Å². The molecule has 1 atom stereocenters. The predicted molar refractivity (Wildman–Crippen MR) is 71.0 cm³/mol. The average molecular weight is 324 g/mol. The van der Waals surface area contributed by atoms with Gasteiger partial charge >= 0.3 is 0 Å². The van der Waals surface area contributed by atoms with Crippen LogP contribution >= 0.6 is 0 Å². The summed E-state index contributed by atoms with van der Waals surface area (Å²) in [7, 11) is -6.25. The molecule has 0 heterocycles. The first-order chi connectivity index (χ1) is 9.23. The molecule has 1 aromatic carbocycles. The van der Waals surface area contributed by atoms with E-state index >= 15 is 0 Å². The molecular formula is C10H16N2O6S2. The predicted octanol–water partition coefficient (Wildman–Crippen LogP) is -1.77. The van der Waals surface area contributed by atoms with Gasteiger partial charge in [-0.05, 0) is 31.3 Å². The summed E-state index contributed by atoms with van der Waals surface area (Å²) in [6, 6.07) is 4.58. The van der Waals surface area contributed by atoms with Crippen molar-refractivity contribution < 1.29 is 27.0 Å². The monoisotopic (exact) mass is 324 g/mol. The molecule has 10 heteroatoms. The van der Waals surface area contributed by atoms with Gasteiger partial charge in [-0.2, -0.15) is 0 Å². The number of nitrogens with one attached hydrogen (secondary N) is 2. The van der Waals surface area contributed by atoms with Gasteiger partial charge < -0.3 is 10.2 Å². The Balaban J connectivity index is 2.93. The second-order valence-electron chi connectivity index (χ2n) is 3.87. The largest absolute Gasteiger partial charge is 0.394 e. The third-order valence-electron chi connectivity index (χ3n) is 2.43. The molecule has 0 aliphatic heterocycles. The van der Waals surface area contributed by atoms with Gasteiger partial charge in [-0.1, -0.05) is 0 Å². The fraction of sp³-hybridized carbons (Fsp3) is 0.400. The summed E-state index contributed by atoms with van der Waals surface area (Å²) < 4.78 is 50.8. The van der Waals surface area contributed by atoms with Crippen molar-refractivity contribution in [2.24, 2.45) is 0 Å². The maximum Gasteiger partial charge on any atom is 0.240 e. The molecule has 0 spiro atoms. The molecule has 1 unspecified atom stereocenters. The highest BCUT2D eigenvalue weighted by molar-refractivity contribution is 7.90. The van der Waals surface area contributed by atoms with Crippen LogP contribution in [0.5, 0.6) is 0 Å².